The summed E-state index contributed by atoms with van der Waals surface area (Å²) < 4.78 is 0. The van der Waals surface area contributed by atoms with Gasteiger partial charge in [-0.3, -0.25) is 4.79 Å². The molecule has 0 spiro atoms. The fourth-order valence-electron chi connectivity index (χ4n) is 1.58. The summed E-state index contributed by atoms with van der Waals surface area (Å²) in [6, 6.07) is 2.15. The van der Waals surface area contributed by atoms with E-state index in [0.717, 1.165) is 6.54 Å². The van der Waals surface area contributed by atoms with E-state index >= 15 is 0 Å². The Balaban J connectivity index is 2.55. The van der Waals surface area contributed by atoms with Gasteiger partial charge in [0, 0.05) is 19.5 Å². The molecule has 0 saturated carbocycles. The van der Waals surface area contributed by atoms with Gasteiger partial charge < -0.3 is 4.90 Å². The predicted octanol–water partition coefficient (Wildman–Crippen LogP) is 1.40. The van der Waals surface area contributed by atoms with Crippen molar-refractivity contribution < 1.29 is 4.79 Å². The Morgan fingerprint density at radius 1 is 1.62 bits per heavy atom. The van der Waals surface area contributed by atoms with Crippen molar-refractivity contribution in [1.82, 2.24) is 4.90 Å². The molecule has 0 aromatic heterocycles. The number of hydrogen-bond acceptors (Lipinski definition) is 2. The van der Waals surface area contributed by atoms with E-state index in [4.69, 9.17) is 5.26 Å². The van der Waals surface area contributed by atoms with Crippen molar-refractivity contribution in [2.24, 2.45) is 11.3 Å². The summed E-state index contributed by atoms with van der Waals surface area (Å²) in [6.45, 7) is 7.66. The molecule has 1 saturated heterocycles. The average Bonchev–Trinajstić information content (AvgIpc) is 2.29. The van der Waals surface area contributed by atoms with Crippen LogP contribution in [0, 0.1) is 22.7 Å². The van der Waals surface area contributed by atoms with Crippen LogP contribution in [-0.4, -0.2) is 23.9 Å². The van der Waals surface area contributed by atoms with Crippen molar-refractivity contribution >= 4 is 5.91 Å². The minimum absolute atomic E-state index is 0.0881. The quantitative estimate of drug-likeness (QED) is 0.612. The average molecular weight is 180 g/mol. The zero-order valence-electron chi connectivity index (χ0n) is 8.50. The maximum atomic E-state index is 11.4. The second-order valence-electron chi connectivity index (χ2n) is 4.87. The van der Waals surface area contributed by atoms with Gasteiger partial charge in [-0.15, -0.1) is 0 Å². The fraction of sp³-hybridized carbons (Fsp3) is 0.800. The second kappa shape index (κ2) is 3.37. The van der Waals surface area contributed by atoms with Crippen molar-refractivity contribution in [1.29, 1.82) is 5.26 Å². The lowest BCUT2D eigenvalue weighted by Crippen LogP contribution is -2.33. The van der Waals surface area contributed by atoms with E-state index in [1.54, 1.807) is 4.90 Å². The molecule has 0 aliphatic carbocycles. The molecule has 0 aromatic carbocycles. The molecule has 72 valence electrons. The van der Waals surface area contributed by atoms with E-state index in [1.807, 2.05) is 0 Å². The Labute approximate surface area is 79.3 Å². The van der Waals surface area contributed by atoms with Crippen molar-refractivity contribution in [3.8, 4) is 6.07 Å². The van der Waals surface area contributed by atoms with Gasteiger partial charge in [0.2, 0.25) is 5.91 Å². The van der Waals surface area contributed by atoms with Crippen molar-refractivity contribution in [3.63, 3.8) is 0 Å². The van der Waals surface area contributed by atoms with E-state index < -0.39 is 0 Å². The standard InChI is InChI=1S/C10H16N2O/c1-10(2,3)7-12-6-8(5-11)4-9(12)13/h8H,4,6-7H2,1-3H3. The third kappa shape index (κ3) is 2.73. The number of nitriles is 1. The summed E-state index contributed by atoms with van der Waals surface area (Å²) in [7, 11) is 0. The molecule has 0 bridgehead atoms. The Morgan fingerprint density at radius 2 is 2.23 bits per heavy atom. The van der Waals surface area contributed by atoms with Gasteiger partial charge in [-0.25, -0.2) is 0 Å². The monoisotopic (exact) mass is 180 g/mol. The molecule has 1 fully saturated rings. The van der Waals surface area contributed by atoms with Gasteiger partial charge >= 0.3 is 0 Å². The summed E-state index contributed by atoms with van der Waals surface area (Å²) in [5.74, 6) is 0.0383. The third-order valence-corrected chi connectivity index (χ3v) is 2.06. The molecule has 3 nitrogen and oxygen atoms in total. The molecule has 1 aliphatic heterocycles. The molecule has 13 heavy (non-hydrogen) atoms. The van der Waals surface area contributed by atoms with Crippen LogP contribution in [0.3, 0.4) is 0 Å². The van der Waals surface area contributed by atoms with Crippen LogP contribution in [0.4, 0.5) is 0 Å². The largest absolute Gasteiger partial charge is 0.341 e. The van der Waals surface area contributed by atoms with Gasteiger partial charge in [0.1, 0.15) is 0 Å². The maximum absolute atomic E-state index is 11.4. The predicted molar refractivity (Wildman–Crippen MR) is 49.8 cm³/mol. The highest BCUT2D eigenvalue weighted by Crippen LogP contribution is 2.22. The van der Waals surface area contributed by atoms with Crippen molar-refractivity contribution in [2.75, 3.05) is 13.1 Å². The molecule has 1 aliphatic rings. The van der Waals surface area contributed by atoms with Gasteiger partial charge in [-0.05, 0) is 5.41 Å². The number of likely N-dealkylation sites (tertiary alicyclic amines) is 1. The Morgan fingerprint density at radius 3 is 2.62 bits per heavy atom. The Kier molecular flexibility index (Phi) is 2.60. The van der Waals surface area contributed by atoms with E-state index in [2.05, 4.69) is 26.8 Å². The number of rotatable bonds is 1. The molecular formula is C10H16N2O. The number of carbonyl (C=O) groups is 1. The molecule has 1 heterocycles. The van der Waals surface area contributed by atoms with Gasteiger partial charge in [0.15, 0.2) is 0 Å². The van der Waals surface area contributed by atoms with E-state index in [9.17, 15) is 4.79 Å². The highest BCUT2D eigenvalue weighted by Gasteiger charge is 2.31. The van der Waals surface area contributed by atoms with Gasteiger partial charge in [-0.2, -0.15) is 5.26 Å². The molecule has 1 rings (SSSR count). The van der Waals surface area contributed by atoms with E-state index in [0.29, 0.717) is 13.0 Å². The highest BCUT2D eigenvalue weighted by atomic mass is 16.2. The van der Waals surface area contributed by atoms with Crippen LogP contribution in [0.25, 0.3) is 0 Å². The highest BCUT2D eigenvalue weighted by molar-refractivity contribution is 5.79. The first-order chi connectivity index (χ1) is 5.92. The lowest BCUT2D eigenvalue weighted by molar-refractivity contribution is -0.128. The topological polar surface area (TPSA) is 44.1 Å². The van der Waals surface area contributed by atoms with Crippen LogP contribution in [0.2, 0.25) is 0 Å². The molecule has 0 N–H and O–H groups in total. The summed E-state index contributed by atoms with van der Waals surface area (Å²) >= 11 is 0. The maximum Gasteiger partial charge on any atom is 0.224 e. The first kappa shape index (κ1) is 10.0. The van der Waals surface area contributed by atoms with Gasteiger partial charge in [-0.1, -0.05) is 20.8 Å². The molecule has 1 atom stereocenters. The van der Waals surface area contributed by atoms with Gasteiger partial charge in [0.05, 0.1) is 12.0 Å². The minimum atomic E-state index is -0.0881. The van der Waals surface area contributed by atoms with E-state index in [-0.39, 0.29) is 17.2 Å². The molecule has 1 amide bonds. The summed E-state index contributed by atoms with van der Waals surface area (Å²) in [4.78, 5) is 13.2. The van der Waals surface area contributed by atoms with Crippen LogP contribution in [0.1, 0.15) is 27.2 Å². The molecule has 0 radical (unpaired) electrons. The van der Waals surface area contributed by atoms with Crippen LogP contribution >= 0.6 is 0 Å². The molecule has 0 aromatic rings. The SMILES string of the molecule is CC(C)(C)CN1CC(C#N)CC1=O. The van der Waals surface area contributed by atoms with Crippen molar-refractivity contribution in [2.45, 2.75) is 27.2 Å². The molecular weight excluding hydrogens is 164 g/mol. The number of hydrogen-bond donors (Lipinski definition) is 0. The lowest BCUT2D eigenvalue weighted by Gasteiger charge is -2.26. The number of amides is 1. The summed E-state index contributed by atoms with van der Waals surface area (Å²) in [5.41, 5.74) is 0.125. The van der Waals surface area contributed by atoms with Crippen molar-refractivity contribution in [3.05, 3.63) is 0 Å². The third-order valence-electron chi connectivity index (χ3n) is 2.06. The van der Waals surface area contributed by atoms with Crippen LogP contribution < -0.4 is 0 Å². The number of nitrogens with zero attached hydrogens (tertiary/aromatic N) is 2. The summed E-state index contributed by atoms with van der Waals surface area (Å²) in [6.07, 6.45) is 0.409. The van der Waals surface area contributed by atoms with E-state index in [1.165, 1.54) is 0 Å². The molecule has 1 unspecified atom stereocenters. The Bertz CT molecular complexity index is 247. The number of carbonyl (C=O) groups excluding carboxylic acids is 1. The second-order valence-corrected chi connectivity index (χ2v) is 4.87. The smallest absolute Gasteiger partial charge is 0.224 e. The van der Waals surface area contributed by atoms with Crippen LogP contribution in [0.5, 0.6) is 0 Å². The van der Waals surface area contributed by atoms with Gasteiger partial charge in [0.25, 0.3) is 0 Å². The first-order valence-electron chi connectivity index (χ1n) is 4.60. The van der Waals surface area contributed by atoms with Crippen LogP contribution in [0.15, 0.2) is 0 Å². The zero-order valence-corrected chi connectivity index (χ0v) is 8.50. The van der Waals surface area contributed by atoms with Crippen LogP contribution in [-0.2, 0) is 4.79 Å². The normalized spacial score (nSPS) is 23.4. The minimum Gasteiger partial charge on any atom is -0.341 e. The first-order valence-corrected chi connectivity index (χ1v) is 4.60. The zero-order chi connectivity index (χ0) is 10.1. The molecule has 3 heteroatoms. The Hall–Kier alpha value is -1.04. The fourth-order valence-corrected chi connectivity index (χ4v) is 1.58. The summed E-state index contributed by atoms with van der Waals surface area (Å²) in [5, 5.41) is 8.67. The lowest BCUT2D eigenvalue weighted by atomic mass is 9.96.